The summed E-state index contributed by atoms with van der Waals surface area (Å²) in [6, 6.07) is 7.24. The number of hydrogen-bond donors (Lipinski definition) is 4. The van der Waals surface area contributed by atoms with Gasteiger partial charge in [0.25, 0.3) is 5.91 Å². The van der Waals surface area contributed by atoms with Crippen molar-refractivity contribution in [3.05, 3.63) is 76.9 Å². The van der Waals surface area contributed by atoms with Gasteiger partial charge in [-0.15, -0.1) is 0 Å². The number of carboxylic acids is 1. The van der Waals surface area contributed by atoms with Gasteiger partial charge in [0, 0.05) is 18.3 Å². The molecular formula is C45H60FN3O5. The van der Waals surface area contributed by atoms with E-state index in [0.29, 0.717) is 46.4 Å². The van der Waals surface area contributed by atoms with Gasteiger partial charge in [0.05, 0.1) is 29.3 Å². The number of fused-ring (bicyclic) bond motifs is 7. The highest BCUT2D eigenvalue weighted by atomic mass is 19.1. The first-order valence-electron chi connectivity index (χ1n) is 20.4. The number of aromatic nitrogens is 1. The molecule has 0 spiro atoms. The molecule has 5 aliphatic rings. The van der Waals surface area contributed by atoms with Crippen LogP contribution in [0.3, 0.4) is 0 Å². The highest BCUT2D eigenvalue weighted by molar-refractivity contribution is 5.94. The Morgan fingerprint density at radius 3 is 2.31 bits per heavy atom. The van der Waals surface area contributed by atoms with Gasteiger partial charge in [-0.3, -0.25) is 14.6 Å². The fourth-order valence-electron chi connectivity index (χ4n) is 13.5. The molecule has 10 unspecified atom stereocenters. The summed E-state index contributed by atoms with van der Waals surface area (Å²) < 4.78 is 15.0. The Hall–Kier alpha value is -3.59. The summed E-state index contributed by atoms with van der Waals surface area (Å²) in [5.74, 6) is 0.952. The van der Waals surface area contributed by atoms with Crippen molar-refractivity contribution in [2.75, 3.05) is 6.54 Å². The maximum atomic E-state index is 15.0. The van der Waals surface area contributed by atoms with E-state index in [1.165, 1.54) is 42.8 Å². The summed E-state index contributed by atoms with van der Waals surface area (Å²) in [4.78, 5) is 42.7. The largest absolute Gasteiger partial charge is 0.478 e. The van der Waals surface area contributed by atoms with Crippen LogP contribution in [0.5, 0.6) is 0 Å². The third-order valence-electron chi connectivity index (χ3n) is 16.1. The third kappa shape index (κ3) is 6.30. The Morgan fingerprint density at radius 1 is 0.889 bits per heavy atom. The molecule has 9 heteroatoms. The zero-order chi connectivity index (χ0) is 38.8. The smallest absolute Gasteiger partial charge is 0.337 e. The molecule has 0 bridgehead atoms. The van der Waals surface area contributed by atoms with Crippen molar-refractivity contribution in [2.24, 2.45) is 57.2 Å². The second-order valence-electron chi connectivity index (χ2n) is 18.9. The van der Waals surface area contributed by atoms with Crippen LogP contribution >= 0.6 is 0 Å². The van der Waals surface area contributed by atoms with Crippen molar-refractivity contribution in [1.82, 2.24) is 15.6 Å². The van der Waals surface area contributed by atoms with Gasteiger partial charge >= 0.3 is 5.97 Å². The Balaban J connectivity index is 1.03. The predicted molar refractivity (Wildman–Crippen MR) is 206 cm³/mol. The summed E-state index contributed by atoms with van der Waals surface area (Å²) in [6.45, 7) is 16.7. The quantitative estimate of drug-likeness (QED) is 0.192. The zero-order valence-corrected chi connectivity index (χ0v) is 32.8. The number of carbonyl (C=O) groups is 3. The number of pyridine rings is 1. The summed E-state index contributed by atoms with van der Waals surface area (Å²) in [5.41, 5.74) is 2.32. The second kappa shape index (κ2) is 14.2. The van der Waals surface area contributed by atoms with Gasteiger partial charge in [-0.25, -0.2) is 9.18 Å². The standard InChI is InChI=1S/C45H60FN3O5/c1-26(2)31-13-20-45(21-14-33-32(38(31)45)10-12-36-43(33,5)18-15-35-42(3,4)37(50)16-19-44(35,36)6)41(54)47-22-17-27-23-28(8-11-34(27)46)39(51)49-25-30-9-7-29(24-48-30)40(52)53/h7-9,11,23-24,31-33,35-38,50H,1,10,12-22,25H2,2-6H3,(H,47,54)(H,49,51)(H,52,53). The Labute approximate surface area is 320 Å². The second-order valence-corrected chi connectivity index (χ2v) is 18.9. The van der Waals surface area contributed by atoms with E-state index >= 15 is 4.39 Å². The summed E-state index contributed by atoms with van der Waals surface area (Å²) >= 11 is 0. The number of halogens is 1. The normalized spacial score (nSPS) is 36.5. The van der Waals surface area contributed by atoms with Gasteiger partial charge < -0.3 is 20.8 Å². The maximum Gasteiger partial charge on any atom is 0.337 e. The minimum Gasteiger partial charge on any atom is -0.478 e. The van der Waals surface area contributed by atoms with Crippen LogP contribution in [-0.4, -0.2) is 45.6 Å². The lowest BCUT2D eigenvalue weighted by Gasteiger charge is -2.69. The first-order chi connectivity index (χ1) is 25.5. The number of benzene rings is 1. The van der Waals surface area contributed by atoms with Crippen LogP contribution in [0.25, 0.3) is 0 Å². The summed E-state index contributed by atoms with van der Waals surface area (Å²) in [7, 11) is 0. The van der Waals surface area contributed by atoms with Crippen molar-refractivity contribution in [2.45, 2.75) is 118 Å². The van der Waals surface area contributed by atoms with Crippen LogP contribution in [0.2, 0.25) is 0 Å². The molecule has 292 valence electrons. The van der Waals surface area contributed by atoms with E-state index in [4.69, 9.17) is 5.11 Å². The summed E-state index contributed by atoms with van der Waals surface area (Å²) in [6.07, 6.45) is 11.7. The van der Waals surface area contributed by atoms with Crippen molar-refractivity contribution in [3.63, 3.8) is 0 Å². The molecule has 1 aromatic heterocycles. The maximum absolute atomic E-state index is 15.0. The van der Waals surface area contributed by atoms with E-state index in [1.807, 2.05) is 0 Å². The van der Waals surface area contributed by atoms with E-state index in [9.17, 15) is 19.5 Å². The van der Waals surface area contributed by atoms with E-state index in [2.05, 4.69) is 56.8 Å². The zero-order valence-electron chi connectivity index (χ0n) is 32.8. The molecule has 2 amide bonds. The molecule has 4 N–H and O–H groups in total. The Kier molecular flexibility index (Phi) is 10.1. The topological polar surface area (TPSA) is 129 Å². The molecule has 5 saturated carbocycles. The molecular weight excluding hydrogens is 682 g/mol. The van der Waals surface area contributed by atoms with Crippen molar-refractivity contribution in [3.8, 4) is 0 Å². The Bertz CT molecular complexity index is 1810. The fourth-order valence-corrected chi connectivity index (χ4v) is 13.5. The SMILES string of the molecule is C=C(C)C1CCC2(C(=O)NCCc3cc(C(=O)NCc4ccc(C(=O)O)cn4)ccc3F)CCC3C(CCC4C3(C)CCC3C(C)(C)C(O)CCC34C)C12. The van der Waals surface area contributed by atoms with Crippen molar-refractivity contribution < 1.29 is 29.0 Å². The molecule has 54 heavy (non-hydrogen) atoms. The predicted octanol–water partition coefficient (Wildman–Crippen LogP) is 8.14. The molecule has 0 saturated heterocycles. The van der Waals surface area contributed by atoms with E-state index in [1.54, 1.807) is 12.1 Å². The molecule has 5 fully saturated rings. The van der Waals surface area contributed by atoms with E-state index in [0.717, 1.165) is 51.4 Å². The molecule has 5 aliphatic carbocycles. The average Bonchev–Trinajstić information content (AvgIpc) is 3.55. The number of allylic oxidation sites excluding steroid dienone is 1. The first-order valence-corrected chi connectivity index (χ1v) is 20.4. The number of carbonyl (C=O) groups excluding carboxylic acids is 2. The number of nitrogens with zero attached hydrogens (tertiary/aromatic N) is 1. The number of aliphatic hydroxyl groups is 1. The van der Waals surface area contributed by atoms with Gasteiger partial charge in [-0.1, -0.05) is 39.8 Å². The molecule has 8 nitrogen and oxygen atoms in total. The number of nitrogens with one attached hydrogen (secondary N) is 2. The minimum absolute atomic E-state index is 0.0614. The molecule has 1 aromatic carbocycles. The van der Waals surface area contributed by atoms with Crippen LogP contribution < -0.4 is 10.6 Å². The monoisotopic (exact) mass is 741 g/mol. The molecule has 7 rings (SSSR count). The van der Waals surface area contributed by atoms with Gasteiger partial charge in [0.1, 0.15) is 5.82 Å². The van der Waals surface area contributed by atoms with Crippen LogP contribution in [0, 0.1) is 63.0 Å². The van der Waals surface area contributed by atoms with Gasteiger partial charge in [-0.2, -0.15) is 0 Å². The number of carboxylic acid groups (broad SMARTS) is 1. The van der Waals surface area contributed by atoms with Crippen LogP contribution in [0.15, 0.2) is 48.7 Å². The molecule has 2 aromatic rings. The van der Waals surface area contributed by atoms with E-state index in [-0.39, 0.29) is 59.2 Å². The highest BCUT2D eigenvalue weighted by Crippen LogP contribution is 2.73. The minimum atomic E-state index is -1.07. The van der Waals surface area contributed by atoms with Crippen LogP contribution in [0.1, 0.15) is 131 Å². The number of hydrogen-bond acceptors (Lipinski definition) is 5. The van der Waals surface area contributed by atoms with E-state index < -0.39 is 23.1 Å². The molecule has 0 aliphatic heterocycles. The van der Waals surface area contributed by atoms with Crippen LogP contribution in [-0.2, 0) is 17.8 Å². The fraction of sp³-hybridized carbons (Fsp3) is 0.644. The van der Waals surface area contributed by atoms with Crippen molar-refractivity contribution >= 4 is 17.8 Å². The van der Waals surface area contributed by atoms with Gasteiger partial charge in [0.2, 0.25) is 5.91 Å². The average molecular weight is 742 g/mol. The lowest BCUT2D eigenvalue weighted by Crippen LogP contribution is -2.64. The van der Waals surface area contributed by atoms with Crippen LogP contribution in [0.4, 0.5) is 4.39 Å². The first kappa shape index (κ1) is 38.7. The highest BCUT2D eigenvalue weighted by Gasteiger charge is 2.68. The number of rotatable bonds is 9. The van der Waals surface area contributed by atoms with Gasteiger partial charge in [-0.05, 0) is 165 Å². The molecule has 0 radical (unpaired) electrons. The number of aliphatic hydroxyl groups excluding tert-OH is 1. The number of amides is 2. The number of aromatic carboxylic acids is 1. The van der Waals surface area contributed by atoms with Gasteiger partial charge in [0.15, 0.2) is 0 Å². The molecule has 10 atom stereocenters. The summed E-state index contributed by atoms with van der Waals surface area (Å²) in [5, 5.41) is 26.2. The van der Waals surface area contributed by atoms with Crippen molar-refractivity contribution in [1.29, 1.82) is 0 Å². The third-order valence-corrected chi connectivity index (χ3v) is 16.1. The lowest BCUT2D eigenvalue weighted by atomic mass is 9.36. The molecule has 1 heterocycles. The Morgan fingerprint density at radius 2 is 1.61 bits per heavy atom. The lowest BCUT2D eigenvalue weighted by molar-refractivity contribution is -0.216.